The average molecular weight is 332 g/mol. The van der Waals surface area contributed by atoms with E-state index in [1.54, 1.807) is 18.2 Å². The van der Waals surface area contributed by atoms with Crippen LogP contribution in [0.2, 0.25) is 10.0 Å². The van der Waals surface area contributed by atoms with Crippen molar-refractivity contribution in [3.8, 4) is 0 Å². The van der Waals surface area contributed by atoms with Crippen LogP contribution in [0.4, 0.5) is 0 Å². The summed E-state index contributed by atoms with van der Waals surface area (Å²) < 4.78 is 5.70. The molecule has 3 N–H and O–H groups in total. The maximum Gasteiger partial charge on any atom is 0.0622 e. The largest absolute Gasteiger partial charge is 0.392 e. The SMILES string of the molecule is NCC(c1c(Cl)cccc1Cl)C(O)CCC1CCCCO1. The first kappa shape index (κ1) is 17.0. The van der Waals surface area contributed by atoms with Crippen LogP contribution in [-0.4, -0.2) is 30.5 Å². The Morgan fingerprint density at radius 3 is 2.57 bits per heavy atom. The Balaban J connectivity index is 1.99. The number of halogens is 2. The molecule has 0 radical (unpaired) electrons. The van der Waals surface area contributed by atoms with Gasteiger partial charge < -0.3 is 15.6 Å². The Hall–Kier alpha value is -0.320. The third-order valence-electron chi connectivity index (χ3n) is 4.15. The zero-order valence-electron chi connectivity index (χ0n) is 12.1. The Morgan fingerprint density at radius 1 is 1.29 bits per heavy atom. The normalized spacial score (nSPS) is 22.0. The molecule has 5 heteroatoms. The van der Waals surface area contributed by atoms with Crippen molar-refractivity contribution in [2.75, 3.05) is 13.2 Å². The zero-order valence-corrected chi connectivity index (χ0v) is 13.6. The molecule has 21 heavy (non-hydrogen) atoms. The second kappa shape index (κ2) is 8.35. The molecule has 1 saturated heterocycles. The van der Waals surface area contributed by atoms with Crippen LogP contribution in [0.3, 0.4) is 0 Å². The molecule has 1 heterocycles. The summed E-state index contributed by atoms with van der Waals surface area (Å²) in [5.74, 6) is -0.241. The van der Waals surface area contributed by atoms with Crippen LogP contribution in [0.15, 0.2) is 18.2 Å². The highest BCUT2D eigenvalue weighted by Crippen LogP contribution is 2.34. The summed E-state index contributed by atoms with van der Waals surface area (Å²) in [6.45, 7) is 1.15. The second-order valence-electron chi connectivity index (χ2n) is 5.61. The minimum absolute atomic E-state index is 0.241. The third kappa shape index (κ3) is 4.57. The first-order valence-electron chi connectivity index (χ1n) is 7.57. The van der Waals surface area contributed by atoms with Crippen molar-refractivity contribution >= 4 is 23.2 Å². The number of aliphatic hydroxyl groups excluding tert-OH is 1. The van der Waals surface area contributed by atoms with Gasteiger partial charge in [-0.1, -0.05) is 29.3 Å². The lowest BCUT2D eigenvalue weighted by molar-refractivity contribution is 0.000438. The molecular weight excluding hydrogens is 309 g/mol. The Kier molecular flexibility index (Phi) is 6.77. The van der Waals surface area contributed by atoms with Gasteiger partial charge in [-0.05, 0) is 49.8 Å². The quantitative estimate of drug-likeness (QED) is 0.834. The summed E-state index contributed by atoms with van der Waals surface area (Å²) in [6, 6.07) is 5.36. The fraction of sp³-hybridized carbons (Fsp3) is 0.625. The number of hydrogen-bond donors (Lipinski definition) is 2. The highest BCUT2D eigenvalue weighted by molar-refractivity contribution is 6.36. The fourth-order valence-corrected chi connectivity index (χ4v) is 3.60. The van der Waals surface area contributed by atoms with E-state index < -0.39 is 6.10 Å². The van der Waals surface area contributed by atoms with Gasteiger partial charge in [-0.15, -0.1) is 0 Å². The number of aliphatic hydroxyl groups is 1. The smallest absolute Gasteiger partial charge is 0.0622 e. The van der Waals surface area contributed by atoms with E-state index in [4.69, 9.17) is 33.7 Å². The van der Waals surface area contributed by atoms with E-state index in [0.717, 1.165) is 31.4 Å². The molecule has 118 valence electrons. The minimum atomic E-state index is -0.557. The standard InChI is InChI=1S/C16H23Cl2NO2/c17-13-5-3-6-14(18)16(13)12(10-19)15(20)8-7-11-4-1-2-9-21-11/h3,5-6,11-12,15,20H,1-2,4,7-10,19H2. The molecule has 3 unspecified atom stereocenters. The van der Waals surface area contributed by atoms with Gasteiger partial charge in [0.15, 0.2) is 0 Å². The number of nitrogens with two attached hydrogens (primary N) is 1. The van der Waals surface area contributed by atoms with E-state index in [2.05, 4.69) is 0 Å². The fourth-order valence-electron chi connectivity index (χ4n) is 2.93. The molecule has 1 aromatic rings. The second-order valence-corrected chi connectivity index (χ2v) is 6.43. The molecule has 0 aromatic heterocycles. The molecule has 1 aliphatic heterocycles. The van der Waals surface area contributed by atoms with Gasteiger partial charge in [-0.3, -0.25) is 0 Å². The lowest BCUT2D eigenvalue weighted by Crippen LogP contribution is -2.28. The molecule has 2 rings (SSSR count). The van der Waals surface area contributed by atoms with Crippen LogP contribution in [0.5, 0.6) is 0 Å². The van der Waals surface area contributed by atoms with E-state index in [-0.39, 0.29) is 12.0 Å². The predicted octanol–water partition coefficient (Wildman–Crippen LogP) is 3.75. The van der Waals surface area contributed by atoms with Crippen molar-refractivity contribution in [1.29, 1.82) is 0 Å². The summed E-state index contributed by atoms with van der Waals surface area (Å²) in [4.78, 5) is 0. The third-order valence-corrected chi connectivity index (χ3v) is 4.81. The van der Waals surface area contributed by atoms with Crippen molar-refractivity contribution in [2.45, 2.75) is 50.2 Å². The number of hydrogen-bond acceptors (Lipinski definition) is 3. The van der Waals surface area contributed by atoms with Crippen molar-refractivity contribution in [2.24, 2.45) is 5.73 Å². The van der Waals surface area contributed by atoms with Gasteiger partial charge >= 0.3 is 0 Å². The molecule has 0 amide bonds. The molecule has 0 spiro atoms. The molecule has 3 nitrogen and oxygen atoms in total. The lowest BCUT2D eigenvalue weighted by atomic mass is 9.89. The molecule has 1 aliphatic rings. The van der Waals surface area contributed by atoms with Crippen molar-refractivity contribution in [3.63, 3.8) is 0 Å². The van der Waals surface area contributed by atoms with Gasteiger partial charge in [-0.25, -0.2) is 0 Å². The summed E-state index contributed by atoms with van der Waals surface area (Å²) in [6.07, 6.45) is 4.61. The van der Waals surface area contributed by atoms with Gasteiger partial charge in [0.25, 0.3) is 0 Å². The van der Waals surface area contributed by atoms with Crippen LogP contribution >= 0.6 is 23.2 Å². The number of benzene rings is 1. The summed E-state index contributed by atoms with van der Waals surface area (Å²) in [5, 5.41) is 11.6. The maximum atomic E-state index is 10.5. The zero-order chi connectivity index (χ0) is 15.2. The molecule has 0 bridgehead atoms. The number of rotatable bonds is 6. The lowest BCUT2D eigenvalue weighted by Gasteiger charge is -2.27. The Morgan fingerprint density at radius 2 is 2.00 bits per heavy atom. The minimum Gasteiger partial charge on any atom is -0.392 e. The van der Waals surface area contributed by atoms with Gasteiger partial charge in [0.2, 0.25) is 0 Å². The summed E-state index contributed by atoms with van der Waals surface area (Å²) >= 11 is 12.4. The van der Waals surface area contributed by atoms with Gasteiger partial charge in [0.1, 0.15) is 0 Å². The molecule has 1 aromatic carbocycles. The molecular formula is C16H23Cl2NO2. The topological polar surface area (TPSA) is 55.5 Å². The van der Waals surface area contributed by atoms with E-state index in [0.29, 0.717) is 23.0 Å². The number of ether oxygens (including phenoxy) is 1. The van der Waals surface area contributed by atoms with Crippen LogP contribution in [0.1, 0.15) is 43.6 Å². The molecule has 0 aliphatic carbocycles. The van der Waals surface area contributed by atoms with Crippen LogP contribution in [0, 0.1) is 0 Å². The highest BCUT2D eigenvalue weighted by Gasteiger charge is 2.25. The predicted molar refractivity (Wildman–Crippen MR) is 87.1 cm³/mol. The Labute approximate surface area is 136 Å². The summed E-state index contributed by atoms with van der Waals surface area (Å²) in [7, 11) is 0. The van der Waals surface area contributed by atoms with Crippen molar-refractivity contribution in [3.05, 3.63) is 33.8 Å². The molecule has 0 saturated carbocycles. The molecule has 3 atom stereocenters. The van der Waals surface area contributed by atoms with Gasteiger partial charge in [0, 0.05) is 29.1 Å². The summed E-state index contributed by atoms with van der Waals surface area (Å²) in [5.41, 5.74) is 6.59. The van der Waals surface area contributed by atoms with Crippen molar-refractivity contribution in [1.82, 2.24) is 0 Å². The van der Waals surface area contributed by atoms with E-state index >= 15 is 0 Å². The highest BCUT2D eigenvalue weighted by atomic mass is 35.5. The van der Waals surface area contributed by atoms with Gasteiger partial charge in [0.05, 0.1) is 12.2 Å². The maximum absolute atomic E-state index is 10.5. The monoisotopic (exact) mass is 331 g/mol. The average Bonchev–Trinajstić information content (AvgIpc) is 2.50. The van der Waals surface area contributed by atoms with Crippen LogP contribution in [0.25, 0.3) is 0 Å². The van der Waals surface area contributed by atoms with E-state index in [9.17, 15) is 5.11 Å². The first-order chi connectivity index (χ1) is 10.1. The molecule has 1 fully saturated rings. The van der Waals surface area contributed by atoms with E-state index in [1.165, 1.54) is 6.42 Å². The van der Waals surface area contributed by atoms with Gasteiger partial charge in [-0.2, -0.15) is 0 Å². The first-order valence-corrected chi connectivity index (χ1v) is 8.32. The Bertz CT molecular complexity index is 430. The van der Waals surface area contributed by atoms with Crippen molar-refractivity contribution < 1.29 is 9.84 Å². The van der Waals surface area contributed by atoms with Crippen LogP contribution in [-0.2, 0) is 4.74 Å². The van der Waals surface area contributed by atoms with Crippen LogP contribution < -0.4 is 5.73 Å². The van der Waals surface area contributed by atoms with E-state index in [1.807, 2.05) is 0 Å².